The van der Waals surface area contributed by atoms with Crippen LogP contribution in [0.2, 0.25) is 10.0 Å². The molecule has 2 aromatic carbocycles. The van der Waals surface area contributed by atoms with Crippen molar-refractivity contribution in [3.8, 4) is 0 Å². The van der Waals surface area contributed by atoms with Gasteiger partial charge in [-0.2, -0.15) is 0 Å². The van der Waals surface area contributed by atoms with E-state index in [0.717, 1.165) is 10.0 Å². The average molecular weight is 359 g/mol. The molecule has 0 spiro atoms. The fraction of sp³-hybridized carbons (Fsp3) is 0.200. The van der Waals surface area contributed by atoms with Crippen LogP contribution in [0.3, 0.4) is 0 Å². The van der Waals surface area contributed by atoms with Crippen LogP contribution in [0, 0.1) is 0 Å². The first kappa shape index (κ1) is 14.9. The lowest BCUT2D eigenvalue weighted by molar-refractivity contribution is 0.575. The van der Waals surface area contributed by atoms with Gasteiger partial charge in [-0.1, -0.05) is 57.3 Å². The van der Waals surface area contributed by atoms with Crippen molar-refractivity contribution in [2.75, 3.05) is 0 Å². The van der Waals surface area contributed by atoms with Crippen molar-refractivity contribution in [2.45, 2.75) is 19.5 Å². The second-order valence-corrected chi connectivity index (χ2v) is 6.15. The van der Waals surface area contributed by atoms with Gasteiger partial charge in [0.1, 0.15) is 0 Å². The number of halogens is 3. The highest BCUT2D eigenvalue weighted by Crippen LogP contribution is 2.22. The third-order valence-corrected chi connectivity index (χ3v) is 4.10. The Hall–Kier alpha value is -0.540. The van der Waals surface area contributed by atoms with Gasteiger partial charge >= 0.3 is 0 Å². The minimum absolute atomic E-state index is 0.264. The normalized spacial score (nSPS) is 12.4. The largest absolute Gasteiger partial charge is 0.306 e. The molecule has 0 radical (unpaired) electrons. The zero-order valence-corrected chi connectivity index (χ0v) is 13.6. The van der Waals surface area contributed by atoms with Gasteiger partial charge in [-0.15, -0.1) is 0 Å². The molecule has 0 fully saturated rings. The lowest BCUT2D eigenvalue weighted by atomic mass is 10.1. The van der Waals surface area contributed by atoms with Crippen LogP contribution in [0.25, 0.3) is 0 Å². The molecule has 0 amide bonds. The number of hydrogen-bond donors (Lipinski definition) is 1. The summed E-state index contributed by atoms with van der Waals surface area (Å²) in [7, 11) is 0. The molecule has 0 aliphatic heterocycles. The van der Waals surface area contributed by atoms with Crippen LogP contribution in [-0.4, -0.2) is 0 Å². The summed E-state index contributed by atoms with van der Waals surface area (Å²) in [6, 6.07) is 14.1. The minimum Gasteiger partial charge on any atom is -0.306 e. The molecular formula is C15H14BrCl2N. The van der Waals surface area contributed by atoms with Crippen LogP contribution in [0.15, 0.2) is 46.9 Å². The Morgan fingerprint density at radius 1 is 1.11 bits per heavy atom. The summed E-state index contributed by atoms with van der Waals surface area (Å²) in [6.07, 6.45) is 0. The summed E-state index contributed by atoms with van der Waals surface area (Å²) in [6.45, 7) is 2.85. The Balaban J connectivity index is 2.00. The molecule has 2 aromatic rings. The summed E-state index contributed by atoms with van der Waals surface area (Å²) in [5, 5.41) is 4.81. The van der Waals surface area contributed by atoms with Gasteiger partial charge in [-0.25, -0.2) is 0 Å². The van der Waals surface area contributed by atoms with E-state index in [9.17, 15) is 0 Å². The number of benzene rings is 2. The van der Waals surface area contributed by atoms with E-state index in [1.54, 1.807) is 6.07 Å². The smallest absolute Gasteiger partial charge is 0.0465 e. The molecule has 4 heteroatoms. The van der Waals surface area contributed by atoms with Crippen LogP contribution >= 0.6 is 39.1 Å². The SMILES string of the molecule is CC(NCc1ccc(Cl)cc1Cl)c1ccc(Br)cc1. The first-order chi connectivity index (χ1) is 9.06. The zero-order valence-electron chi connectivity index (χ0n) is 10.5. The lowest BCUT2D eigenvalue weighted by Gasteiger charge is -2.15. The molecular weight excluding hydrogens is 345 g/mol. The topological polar surface area (TPSA) is 12.0 Å². The van der Waals surface area contributed by atoms with Gasteiger partial charge in [0.2, 0.25) is 0 Å². The first-order valence-corrected chi connectivity index (χ1v) is 7.54. The molecule has 0 aromatic heterocycles. The molecule has 0 heterocycles. The summed E-state index contributed by atoms with van der Waals surface area (Å²) in [5.74, 6) is 0. The number of rotatable bonds is 4. The lowest BCUT2D eigenvalue weighted by Crippen LogP contribution is -2.18. The Bertz CT molecular complexity index is 555. The van der Waals surface area contributed by atoms with Crippen LogP contribution in [-0.2, 0) is 6.54 Å². The van der Waals surface area contributed by atoms with Crippen molar-refractivity contribution < 1.29 is 0 Å². The number of nitrogens with one attached hydrogen (secondary N) is 1. The second-order valence-electron chi connectivity index (χ2n) is 4.39. The quantitative estimate of drug-likeness (QED) is 0.749. The summed E-state index contributed by atoms with van der Waals surface area (Å²) >= 11 is 15.5. The Kier molecular flexibility index (Phi) is 5.28. The molecule has 2 rings (SSSR count). The molecule has 1 atom stereocenters. The fourth-order valence-electron chi connectivity index (χ4n) is 1.80. The third-order valence-electron chi connectivity index (χ3n) is 2.98. The minimum atomic E-state index is 0.264. The van der Waals surface area contributed by atoms with Crippen molar-refractivity contribution >= 4 is 39.1 Å². The second kappa shape index (κ2) is 6.76. The number of hydrogen-bond acceptors (Lipinski definition) is 1. The standard InChI is InChI=1S/C15H14BrCl2N/c1-10(11-2-5-13(16)6-3-11)19-9-12-4-7-14(17)8-15(12)18/h2-8,10,19H,9H2,1H3. The predicted octanol–water partition coefficient (Wildman–Crippen LogP) is 5.61. The zero-order chi connectivity index (χ0) is 13.8. The molecule has 1 nitrogen and oxygen atoms in total. The van der Waals surface area contributed by atoms with E-state index in [4.69, 9.17) is 23.2 Å². The van der Waals surface area contributed by atoms with Crippen LogP contribution in [0.1, 0.15) is 24.1 Å². The van der Waals surface area contributed by atoms with Gasteiger partial charge < -0.3 is 5.32 Å². The van der Waals surface area contributed by atoms with E-state index in [-0.39, 0.29) is 6.04 Å². The van der Waals surface area contributed by atoms with Gasteiger partial charge in [-0.3, -0.25) is 0 Å². The highest BCUT2D eigenvalue weighted by atomic mass is 79.9. The monoisotopic (exact) mass is 357 g/mol. The van der Waals surface area contributed by atoms with Crippen LogP contribution in [0.4, 0.5) is 0 Å². The first-order valence-electron chi connectivity index (χ1n) is 5.99. The Morgan fingerprint density at radius 2 is 1.79 bits per heavy atom. The maximum atomic E-state index is 6.15. The molecule has 0 bridgehead atoms. The average Bonchev–Trinajstić information content (AvgIpc) is 2.38. The highest BCUT2D eigenvalue weighted by Gasteiger charge is 2.06. The van der Waals surface area contributed by atoms with Crippen molar-refractivity contribution in [1.29, 1.82) is 0 Å². The van der Waals surface area contributed by atoms with Crippen LogP contribution < -0.4 is 5.32 Å². The fourth-order valence-corrected chi connectivity index (χ4v) is 2.54. The molecule has 100 valence electrons. The highest BCUT2D eigenvalue weighted by molar-refractivity contribution is 9.10. The predicted molar refractivity (Wildman–Crippen MR) is 85.9 cm³/mol. The third kappa shape index (κ3) is 4.22. The van der Waals surface area contributed by atoms with Crippen molar-refractivity contribution in [3.05, 3.63) is 68.1 Å². The van der Waals surface area contributed by atoms with E-state index in [0.29, 0.717) is 16.6 Å². The maximum absolute atomic E-state index is 6.15. The van der Waals surface area contributed by atoms with Crippen LogP contribution in [0.5, 0.6) is 0 Å². The van der Waals surface area contributed by atoms with Gasteiger partial charge in [0, 0.05) is 27.1 Å². The Morgan fingerprint density at radius 3 is 2.42 bits per heavy atom. The van der Waals surface area contributed by atoms with Gasteiger partial charge in [0.15, 0.2) is 0 Å². The van der Waals surface area contributed by atoms with Crippen molar-refractivity contribution in [2.24, 2.45) is 0 Å². The van der Waals surface area contributed by atoms with E-state index in [1.807, 2.05) is 24.3 Å². The molecule has 0 saturated carbocycles. The maximum Gasteiger partial charge on any atom is 0.0465 e. The van der Waals surface area contributed by atoms with Crippen molar-refractivity contribution in [3.63, 3.8) is 0 Å². The van der Waals surface area contributed by atoms with E-state index >= 15 is 0 Å². The van der Waals surface area contributed by atoms with Gasteiger partial charge in [0.05, 0.1) is 0 Å². The van der Waals surface area contributed by atoms with Gasteiger partial charge in [-0.05, 0) is 42.3 Å². The summed E-state index contributed by atoms with van der Waals surface area (Å²) < 4.78 is 1.09. The van der Waals surface area contributed by atoms with E-state index in [2.05, 4.69) is 40.3 Å². The molecule has 19 heavy (non-hydrogen) atoms. The molecule has 0 saturated heterocycles. The van der Waals surface area contributed by atoms with E-state index < -0.39 is 0 Å². The molecule has 0 aliphatic carbocycles. The Labute approximate surface area is 132 Å². The van der Waals surface area contributed by atoms with E-state index in [1.165, 1.54) is 5.56 Å². The summed E-state index contributed by atoms with van der Waals surface area (Å²) in [4.78, 5) is 0. The molecule has 1 unspecified atom stereocenters. The van der Waals surface area contributed by atoms with Crippen molar-refractivity contribution in [1.82, 2.24) is 5.32 Å². The molecule has 1 N–H and O–H groups in total. The molecule has 0 aliphatic rings. The van der Waals surface area contributed by atoms with Gasteiger partial charge in [0.25, 0.3) is 0 Å². The summed E-state index contributed by atoms with van der Waals surface area (Å²) in [5.41, 5.74) is 2.29.